The smallest absolute Gasteiger partial charge is 0.229 e. The lowest BCUT2D eigenvalue weighted by Gasteiger charge is -2.46. The molecule has 0 amide bonds. The van der Waals surface area contributed by atoms with E-state index in [1.165, 1.54) is 51.3 Å². The van der Waals surface area contributed by atoms with E-state index in [4.69, 9.17) is 37.6 Å². The molecule has 0 spiro atoms. The third kappa shape index (κ3) is 7.48. The molecule has 0 aliphatic carbocycles. The molecule has 18 nitrogen and oxygen atoms in total. The van der Waals surface area contributed by atoms with E-state index in [0.717, 1.165) is 0 Å². The molecular weight excluding hydrogens is 696 g/mol. The first-order valence-corrected chi connectivity index (χ1v) is 16.5. The van der Waals surface area contributed by atoms with E-state index in [2.05, 4.69) is 0 Å². The van der Waals surface area contributed by atoms with Crippen molar-refractivity contribution in [2.45, 2.75) is 100 Å². The highest BCUT2D eigenvalue weighted by Gasteiger charge is 2.51. The van der Waals surface area contributed by atoms with Gasteiger partial charge in [0, 0.05) is 29.7 Å². The molecule has 15 unspecified atom stereocenters. The van der Waals surface area contributed by atoms with Gasteiger partial charge in [-0.3, -0.25) is 4.79 Å². The summed E-state index contributed by atoms with van der Waals surface area (Å²) in [6, 6.07) is 10.0. The number of aromatic hydroxyl groups is 1. The van der Waals surface area contributed by atoms with Crippen molar-refractivity contribution < 1.29 is 83.5 Å². The van der Waals surface area contributed by atoms with E-state index in [1.54, 1.807) is 12.1 Å². The third-order valence-electron chi connectivity index (χ3n) is 9.46. The van der Waals surface area contributed by atoms with Crippen molar-refractivity contribution >= 4 is 11.0 Å². The van der Waals surface area contributed by atoms with Crippen molar-refractivity contribution in [2.24, 2.45) is 5.92 Å². The first-order valence-electron chi connectivity index (χ1n) is 16.5. The molecule has 6 rings (SSSR count). The van der Waals surface area contributed by atoms with Crippen molar-refractivity contribution in [3.8, 4) is 28.6 Å². The Hall–Kier alpha value is -3.47. The van der Waals surface area contributed by atoms with Gasteiger partial charge in [0.1, 0.15) is 76.7 Å². The number of benzene rings is 2. The molecule has 286 valence electrons. The van der Waals surface area contributed by atoms with Crippen LogP contribution in [0.15, 0.2) is 51.7 Å². The number of fused-ring (bicyclic) bond motifs is 1. The number of rotatable bonds is 9. The minimum atomic E-state index is -1.79. The Morgan fingerprint density at radius 1 is 0.712 bits per heavy atom. The molecular formula is C34H42O18. The van der Waals surface area contributed by atoms with Crippen LogP contribution in [0.2, 0.25) is 0 Å². The maximum absolute atomic E-state index is 12.8. The van der Waals surface area contributed by atoms with E-state index in [1.807, 2.05) is 0 Å². The Morgan fingerprint density at radius 3 is 2.12 bits per heavy atom. The molecule has 4 heterocycles. The van der Waals surface area contributed by atoms with Crippen LogP contribution in [0.1, 0.15) is 13.8 Å². The quantitative estimate of drug-likeness (QED) is 0.118. The fourth-order valence-electron chi connectivity index (χ4n) is 6.26. The number of aliphatic hydroxyl groups excluding tert-OH is 8. The largest absolute Gasteiger partial charge is 0.507 e. The van der Waals surface area contributed by atoms with Gasteiger partial charge in [-0.25, -0.2) is 0 Å². The third-order valence-corrected chi connectivity index (χ3v) is 9.46. The van der Waals surface area contributed by atoms with Crippen LogP contribution in [0.5, 0.6) is 17.2 Å². The summed E-state index contributed by atoms with van der Waals surface area (Å²) in [6.45, 7) is 2.46. The number of hydrogen-bond acceptors (Lipinski definition) is 18. The minimum absolute atomic E-state index is 0.0257. The Balaban J connectivity index is 1.24. The second-order valence-electron chi connectivity index (χ2n) is 13.0. The molecule has 3 aromatic rings. The van der Waals surface area contributed by atoms with E-state index in [-0.39, 0.29) is 34.0 Å². The predicted octanol–water partition coefficient (Wildman–Crippen LogP) is -1.74. The van der Waals surface area contributed by atoms with Crippen LogP contribution < -0.4 is 14.9 Å². The number of phenols is 1. The second kappa shape index (κ2) is 15.5. The van der Waals surface area contributed by atoms with Crippen molar-refractivity contribution in [1.82, 2.24) is 0 Å². The second-order valence-corrected chi connectivity index (χ2v) is 13.0. The average Bonchev–Trinajstić information content (AvgIpc) is 3.12. The summed E-state index contributed by atoms with van der Waals surface area (Å²) in [4.78, 5) is 12.8. The molecule has 3 aliphatic rings. The van der Waals surface area contributed by atoms with E-state index >= 15 is 0 Å². The molecule has 1 aromatic heterocycles. The first-order chi connectivity index (χ1) is 24.7. The van der Waals surface area contributed by atoms with Gasteiger partial charge in [0.15, 0.2) is 30.4 Å². The van der Waals surface area contributed by atoms with Gasteiger partial charge in [-0.05, 0) is 31.2 Å². The van der Waals surface area contributed by atoms with Gasteiger partial charge in [0.05, 0.1) is 25.9 Å². The van der Waals surface area contributed by atoms with Crippen LogP contribution in [-0.2, 0) is 23.7 Å². The minimum Gasteiger partial charge on any atom is -0.507 e. The van der Waals surface area contributed by atoms with Crippen LogP contribution in [0.3, 0.4) is 0 Å². The highest BCUT2D eigenvalue weighted by Crippen LogP contribution is 2.34. The van der Waals surface area contributed by atoms with Crippen molar-refractivity contribution in [3.05, 3.63) is 52.7 Å². The molecule has 2 aromatic carbocycles. The van der Waals surface area contributed by atoms with Gasteiger partial charge in [-0.15, -0.1) is 0 Å². The first kappa shape index (κ1) is 38.3. The van der Waals surface area contributed by atoms with Gasteiger partial charge in [0.2, 0.25) is 6.29 Å². The molecule has 0 radical (unpaired) electrons. The summed E-state index contributed by atoms with van der Waals surface area (Å²) in [6.07, 6.45) is -21.4. The Labute approximate surface area is 295 Å². The predicted molar refractivity (Wildman–Crippen MR) is 173 cm³/mol. The van der Waals surface area contributed by atoms with Crippen molar-refractivity contribution in [1.29, 1.82) is 0 Å². The summed E-state index contributed by atoms with van der Waals surface area (Å²) in [7, 11) is 1.40. The lowest BCUT2D eigenvalue weighted by Crippen LogP contribution is -2.65. The number of hydrogen-bond donors (Lipinski definition) is 9. The van der Waals surface area contributed by atoms with E-state index in [0.29, 0.717) is 5.56 Å². The zero-order chi connectivity index (χ0) is 37.6. The number of phenolic OH excluding ortho intramolecular Hbond substituents is 1. The molecule has 3 saturated heterocycles. The van der Waals surface area contributed by atoms with Gasteiger partial charge in [-0.2, -0.15) is 0 Å². The topological polar surface area (TPSA) is 277 Å². The van der Waals surface area contributed by atoms with Gasteiger partial charge < -0.3 is 83.5 Å². The molecule has 15 atom stereocenters. The maximum Gasteiger partial charge on any atom is 0.229 e. The van der Waals surface area contributed by atoms with Crippen LogP contribution >= 0.6 is 0 Å². The number of methoxy groups -OCH3 is 1. The summed E-state index contributed by atoms with van der Waals surface area (Å²) in [5, 5.41) is 93.7. The van der Waals surface area contributed by atoms with Gasteiger partial charge >= 0.3 is 0 Å². The number of ether oxygens (including phenoxy) is 7. The monoisotopic (exact) mass is 738 g/mol. The molecule has 52 heavy (non-hydrogen) atoms. The maximum atomic E-state index is 12.8. The lowest BCUT2D eigenvalue weighted by molar-refractivity contribution is -0.363. The zero-order valence-electron chi connectivity index (χ0n) is 28.1. The van der Waals surface area contributed by atoms with E-state index < -0.39 is 104 Å². The zero-order valence-corrected chi connectivity index (χ0v) is 28.1. The average molecular weight is 739 g/mol. The molecule has 9 N–H and O–H groups in total. The summed E-state index contributed by atoms with van der Waals surface area (Å²) in [5.41, 5.74) is 0.0212. The van der Waals surface area contributed by atoms with Crippen LogP contribution in [0.4, 0.5) is 0 Å². The number of aliphatic hydroxyl groups is 8. The lowest BCUT2D eigenvalue weighted by atomic mass is 9.95. The fraction of sp³-hybridized carbons (Fsp3) is 0.559. The normalized spacial score (nSPS) is 38.2. The Bertz CT molecular complexity index is 1730. The molecule has 3 aliphatic heterocycles. The Morgan fingerprint density at radius 2 is 1.42 bits per heavy atom. The van der Waals surface area contributed by atoms with Crippen LogP contribution in [0, 0.1) is 5.92 Å². The highest BCUT2D eigenvalue weighted by molar-refractivity contribution is 5.86. The van der Waals surface area contributed by atoms with Gasteiger partial charge in [0.25, 0.3) is 0 Å². The fourth-order valence-corrected chi connectivity index (χ4v) is 6.26. The molecule has 3 fully saturated rings. The highest BCUT2D eigenvalue weighted by atomic mass is 16.8. The van der Waals surface area contributed by atoms with Crippen molar-refractivity contribution in [3.63, 3.8) is 0 Å². The summed E-state index contributed by atoms with van der Waals surface area (Å²) in [5.74, 6) is -0.566. The molecule has 0 saturated carbocycles. The van der Waals surface area contributed by atoms with Crippen molar-refractivity contribution in [2.75, 3.05) is 13.7 Å². The summed E-state index contributed by atoms with van der Waals surface area (Å²) < 4.78 is 45.4. The standard InChI is InChI=1S/C34H42O18/c1-12-23(37)28(42)31(44)52-32(12)46-11-21-25(39)27(41)30(51-33-29(43)26(40)24(38)13(2)47-33)34(50-21)48-15-6-4-14(5-7-15)19-10-18(36)22-17(35)8-16(45-3)9-20(22)49-19/h4-10,12-13,21,23-35,37-44H,11H2,1-3H3. The molecule has 0 bridgehead atoms. The van der Waals surface area contributed by atoms with Crippen LogP contribution in [0.25, 0.3) is 22.3 Å². The van der Waals surface area contributed by atoms with E-state index in [9.17, 15) is 50.8 Å². The van der Waals surface area contributed by atoms with Crippen LogP contribution in [-0.4, -0.2) is 146 Å². The SMILES string of the molecule is COc1cc(O)c2c(=O)cc(-c3ccc(OC4OC(COC5OC(O)C(O)C(O)C5C)C(O)C(O)C4OC4OC(C)C(O)C(O)C4O)cc3)oc2c1. The Kier molecular flexibility index (Phi) is 11.4. The summed E-state index contributed by atoms with van der Waals surface area (Å²) >= 11 is 0. The van der Waals surface area contributed by atoms with Gasteiger partial charge in [-0.1, -0.05) is 6.92 Å². The molecule has 18 heteroatoms.